The predicted molar refractivity (Wildman–Crippen MR) is 138 cm³/mol. The van der Waals surface area contributed by atoms with Crippen LogP contribution in [0.3, 0.4) is 0 Å². The first-order valence-corrected chi connectivity index (χ1v) is 13.6. The monoisotopic (exact) mass is 547 g/mol. The van der Waals surface area contributed by atoms with Crippen LogP contribution in [0.2, 0.25) is 15.1 Å². The van der Waals surface area contributed by atoms with Crippen molar-refractivity contribution in [1.29, 1.82) is 0 Å². The van der Waals surface area contributed by atoms with Crippen LogP contribution in [0.5, 0.6) is 0 Å². The summed E-state index contributed by atoms with van der Waals surface area (Å²) in [7, 11) is -3.83. The molecule has 1 atom stereocenters. The van der Waals surface area contributed by atoms with Gasteiger partial charge in [-0.2, -0.15) is 0 Å². The normalized spacial score (nSPS) is 12.2. The van der Waals surface area contributed by atoms with E-state index >= 15 is 0 Å². The topological polar surface area (TPSA) is 86.8 Å². The number of amides is 2. The molecule has 0 unspecified atom stereocenters. The fraction of sp³-hybridized carbons (Fsp3) is 0.391. The minimum absolute atomic E-state index is 0.00167. The van der Waals surface area contributed by atoms with Gasteiger partial charge in [0.05, 0.1) is 11.9 Å². The fourth-order valence-corrected chi connectivity index (χ4v) is 5.14. The first-order valence-electron chi connectivity index (χ1n) is 10.6. The molecule has 0 fully saturated rings. The molecule has 2 rings (SSSR count). The molecule has 2 aromatic rings. The molecule has 1 N–H and O–H groups in total. The van der Waals surface area contributed by atoms with Gasteiger partial charge in [-0.3, -0.25) is 13.9 Å². The molecule has 34 heavy (non-hydrogen) atoms. The van der Waals surface area contributed by atoms with Gasteiger partial charge in [0.2, 0.25) is 21.8 Å². The molecule has 7 nitrogen and oxygen atoms in total. The molecule has 0 aliphatic rings. The summed E-state index contributed by atoms with van der Waals surface area (Å²) in [5.74, 6) is -0.888. The Balaban J connectivity index is 2.50. The van der Waals surface area contributed by atoms with Crippen molar-refractivity contribution in [2.24, 2.45) is 0 Å². The number of nitrogens with zero attached hydrogens (tertiary/aromatic N) is 2. The van der Waals surface area contributed by atoms with Crippen LogP contribution in [0.25, 0.3) is 0 Å². The van der Waals surface area contributed by atoms with E-state index in [1.807, 2.05) is 0 Å². The summed E-state index contributed by atoms with van der Waals surface area (Å²) in [6.45, 7) is 5.16. The van der Waals surface area contributed by atoms with E-state index in [2.05, 4.69) is 5.32 Å². The van der Waals surface area contributed by atoms with Gasteiger partial charge in [-0.15, -0.1) is 0 Å². The summed E-state index contributed by atoms with van der Waals surface area (Å²) >= 11 is 18.4. The lowest BCUT2D eigenvalue weighted by Gasteiger charge is -2.33. The summed E-state index contributed by atoms with van der Waals surface area (Å²) < 4.78 is 26.3. The van der Waals surface area contributed by atoms with Crippen molar-refractivity contribution >= 4 is 62.3 Å². The minimum Gasteiger partial charge on any atom is -0.355 e. The number of likely N-dealkylation sites (N-methyl/N-ethyl adjacent to an activating group) is 1. The average Bonchev–Trinajstić information content (AvgIpc) is 2.73. The maximum Gasteiger partial charge on any atom is 0.244 e. The molecule has 0 radical (unpaired) electrons. The maximum atomic E-state index is 13.6. The SMILES string of the molecule is CCNC(=O)[C@@H](CC)N(Cc1ccc(Cl)cc1Cl)C(=O)CN(c1ccc(Cl)cc1C)S(C)(=O)=O. The molecule has 2 aromatic carbocycles. The van der Waals surface area contributed by atoms with E-state index in [-0.39, 0.29) is 12.5 Å². The standard InChI is InChI=1S/C23H28Cl3N3O4S/c1-5-20(23(31)27-6-2)28(13-16-7-8-18(25)12-19(16)26)22(30)14-29(34(4,32)33)21-10-9-17(24)11-15(21)3/h7-12,20H,5-6,13-14H2,1-4H3,(H,27,31)/t20-/m1/s1. The molecule has 2 amide bonds. The van der Waals surface area contributed by atoms with Crippen LogP contribution >= 0.6 is 34.8 Å². The van der Waals surface area contributed by atoms with Gasteiger partial charge < -0.3 is 10.2 Å². The number of aryl methyl sites for hydroxylation is 1. The lowest BCUT2D eigenvalue weighted by molar-refractivity contribution is -0.140. The van der Waals surface area contributed by atoms with E-state index < -0.39 is 28.5 Å². The lowest BCUT2D eigenvalue weighted by atomic mass is 10.1. The lowest BCUT2D eigenvalue weighted by Crippen LogP contribution is -2.52. The Labute approximate surface area is 216 Å². The first kappa shape index (κ1) is 28.2. The van der Waals surface area contributed by atoms with Crippen LogP contribution in [0.1, 0.15) is 31.4 Å². The number of rotatable bonds is 10. The van der Waals surface area contributed by atoms with Crippen LogP contribution < -0.4 is 9.62 Å². The van der Waals surface area contributed by atoms with Crippen molar-refractivity contribution in [1.82, 2.24) is 10.2 Å². The Hall–Kier alpha value is -2.00. The second-order valence-electron chi connectivity index (χ2n) is 7.78. The minimum atomic E-state index is -3.83. The number of anilines is 1. The maximum absolute atomic E-state index is 13.6. The second-order valence-corrected chi connectivity index (χ2v) is 11.0. The number of sulfonamides is 1. The van der Waals surface area contributed by atoms with Crippen LogP contribution in [0.15, 0.2) is 36.4 Å². The van der Waals surface area contributed by atoms with E-state index in [0.717, 1.165) is 10.6 Å². The molecule has 0 spiro atoms. The van der Waals surface area contributed by atoms with E-state index in [4.69, 9.17) is 34.8 Å². The molecular formula is C23H28Cl3N3O4S. The van der Waals surface area contributed by atoms with Gasteiger partial charge in [-0.25, -0.2) is 8.42 Å². The number of halogens is 3. The van der Waals surface area contributed by atoms with E-state index in [0.29, 0.717) is 44.8 Å². The molecule has 186 valence electrons. The Morgan fingerprint density at radius 2 is 1.65 bits per heavy atom. The third kappa shape index (κ3) is 7.25. The molecule has 0 saturated heterocycles. The first-order chi connectivity index (χ1) is 15.9. The Kier molecular flexibility index (Phi) is 10.1. The molecule has 11 heteroatoms. The van der Waals surface area contributed by atoms with Gasteiger partial charge >= 0.3 is 0 Å². The third-order valence-corrected chi connectivity index (χ3v) is 7.15. The van der Waals surface area contributed by atoms with Gasteiger partial charge in [-0.05, 0) is 61.7 Å². The quantitative estimate of drug-likeness (QED) is 0.468. The van der Waals surface area contributed by atoms with E-state index in [9.17, 15) is 18.0 Å². The zero-order valence-electron chi connectivity index (χ0n) is 19.4. The summed E-state index contributed by atoms with van der Waals surface area (Å²) in [5.41, 5.74) is 1.50. The number of hydrogen-bond acceptors (Lipinski definition) is 4. The number of hydrogen-bond donors (Lipinski definition) is 1. The van der Waals surface area contributed by atoms with Gasteiger partial charge in [0, 0.05) is 28.2 Å². The average molecular weight is 549 g/mol. The summed E-state index contributed by atoms with van der Waals surface area (Å²) in [6.07, 6.45) is 1.34. The molecule has 0 bridgehead atoms. The van der Waals surface area contributed by atoms with Crippen molar-refractivity contribution in [2.45, 2.75) is 39.8 Å². The van der Waals surface area contributed by atoms with Gasteiger partial charge in [0.15, 0.2) is 0 Å². The van der Waals surface area contributed by atoms with Gasteiger partial charge in [-0.1, -0.05) is 47.8 Å². The summed E-state index contributed by atoms with van der Waals surface area (Å²) in [4.78, 5) is 27.7. The highest BCUT2D eigenvalue weighted by atomic mass is 35.5. The Morgan fingerprint density at radius 3 is 2.18 bits per heavy atom. The Morgan fingerprint density at radius 1 is 1.03 bits per heavy atom. The fourth-order valence-electron chi connectivity index (χ4n) is 3.54. The summed E-state index contributed by atoms with van der Waals surface area (Å²) in [5, 5.41) is 3.96. The smallest absolute Gasteiger partial charge is 0.244 e. The van der Waals surface area contributed by atoms with Gasteiger partial charge in [0.1, 0.15) is 12.6 Å². The number of carbonyl (C=O) groups excluding carboxylic acids is 2. The van der Waals surface area contributed by atoms with Crippen molar-refractivity contribution < 1.29 is 18.0 Å². The largest absolute Gasteiger partial charge is 0.355 e. The Bertz CT molecular complexity index is 1160. The molecule has 0 heterocycles. The van der Waals surface area contributed by atoms with E-state index in [1.54, 1.807) is 57.2 Å². The number of carbonyl (C=O) groups is 2. The van der Waals surface area contributed by atoms with Crippen LogP contribution in [0, 0.1) is 6.92 Å². The third-order valence-electron chi connectivity index (χ3n) is 5.20. The molecular weight excluding hydrogens is 521 g/mol. The molecule has 0 saturated carbocycles. The zero-order chi connectivity index (χ0) is 25.6. The van der Waals surface area contributed by atoms with Crippen molar-refractivity contribution in [3.63, 3.8) is 0 Å². The van der Waals surface area contributed by atoms with Crippen molar-refractivity contribution in [2.75, 3.05) is 23.7 Å². The summed E-state index contributed by atoms with van der Waals surface area (Å²) in [6, 6.07) is 8.76. The van der Waals surface area contributed by atoms with Crippen molar-refractivity contribution in [3.8, 4) is 0 Å². The van der Waals surface area contributed by atoms with E-state index in [1.165, 1.54) is 4.90 Å². The molecule has 0 aliphatic heterocycles. The van der Waals surface area contributed by atoms with Crippen LogP contribution in [0.4, 0.5) is 5.69 Å². The zero-order valence-corrected chi connectivity index (χ0v) is 22.5. The highest BCUT2D eigenvalue weighted by Crippen LogP contribution is 2.27. The molecule has 0 aromatic heterocycles. The second kappa shape index (κ2) is 12.1. The van der Waals surface area contributed by atoms with Crippen LogP contribution in [-0.4, -0.2) is 50.5 Å². The highest BCUT2D eigenvalue weighted by molar-refractivity contribution is 7.92. The number of benzene rings is 2. The molecule has 0 aliphatic carbocycles. The van der Waals surface area contributed by atoms with Crippen molar-refractivity contribution in [3.05, 3.63) is 62.6 Å². The van der Waals surface area contributed by atoms with Crippen LogP contribution in [-0.2, 0) is 26.2 Å². The number of nitrogens with one attached hydrogen (secondary N) is 1. The van der Waals surface area contributed by atoms with Gasteiger partial charge in [0.25, 0.3) is 0 Å². The highest BCUT2D eigenvalue weighted by Gasteiger charge is 2.32. The predicted octanol–water partition coefficient (Wildman–Crippen LogP) is 4.66.